The molecule has 0 fully saturated rings. The molecule has 22 heavy (non-hydrogen) atoms. The van der Waals surface area contributed by atoms with E-state index in [1.165, 1.54) is 22.6 Å². The van der Waals surface area contributed by atoms with E-state index in [0.29, 0.717) is 12.6 Å². The van der Waals surface area contributed by atoms with Crippen LogP contribution in [-0.2, 0) is 18.6 Å². The number of ketones is 1. The smallest absolute Gasteiger partial charge is 0.302 e. The molecule has 0 saturated carbocycles. The van der Waals surface area contributed by atoms with Crippen molar-refractivity contribution in [1.29, 1.82) is 0 Å². The molecular weight excluding hydrogens is 321 g/mol. The van der Waals surface area contributed by atoms with Crippen molar-refractivity contribution in [2.24, 2.45) is 0 Å². The van der Waals surface area contributed by atoms with Gasteiger partial charge in [0, 0.05) is 18.8 Å². The average molecular weight is 334 g/mol. The van der Waals surface area contributed by atoms with Crippen molar-refractivity contribution in [2.75, 3.05) is 6.26 Å². The first kappa shape index (κ1) is 16.4. The van der Waals surface area contributed by atoms with E-state index in [9.17, 15) is 22.8 Å². The zero-order valence-electron chi connectivity index (χ0n) is 11.8. The Morgan fingerprint density at radius 1 is 1.45 bits per heavy atom. The molecule has 0 spiro atoms. The number of carbonyl (C=O) groups is 1. The Bertz CT molecular complexity index is 744. The van der Waals surface area contributed by atoms with E-state index in [1.54, 1.807) is 13.2 Å². The third-order valence-electron chi connectivity index (χ3n) is 2.96. The van der Waals surface area contributed by atoms with Gasteiger partial charge in [0.25, 0.3) is 5.56 Å². The summed E-state index contributed by atoms with van der Waals surface area (Å²) in [5, 5.41) is 5.99. The van der Waals surface area contributed by atoms with Gasteiger partial charge in [-0.25, -0.2) is 0 Å². The van der Waals surface area contributed by atoms with E-state index < -0.39 is 23.2 Å². The first-order valence-corrected chi connectivity index (χ1v) is 7.65. The molecule has 10 heteroatoms. The molecule has 0 radical (unpaired) electrons. The van der Waals surface area contributed by atoms with Gasteiger partial charge in [0.2, 0.25) is 5.78 Å². The van der Waals surface area contributed by atoms with Crippen molar-refractivity contribution >= 4 is 17.5 Å². The number of aryl methyl sites for hydroxylation is 1. The molecule has 2 aromatic heterocycles. The van der Waals surface area contributed by atoms with Crippen LogP contribution in [0.25, 0.3) is 0 Å². The molecule has 0 saturated heterocycles. The first-order chi connectivity index (χ1) is 10.3. The lowest BCUT2D eigenvalue weighted by Crippen LogP contribution is -2.22. The van der Waals surface area contributed by atoms with Crippen LogP contribution in [0.4, 0.5) is 13.2 Å². The summed E-state index contributed by atoms with van der Waals surface area (Å²) in [6, 6.07) is 0.668. The molecule has 0 aliphatic heterocycles. The maximum atomic E-state index is 12.8. The highest BCUT2D eigenvalue weighted by Crippen LogP contribution is 2.29. The second-order valence-electron chi connectivity index (χ2n) is 4.40. The van der Waals surface area contributed by atoms with Gasteiger partial charge in [-0.05, 0) is 13.2 Å². The molecule has 0 aromatic carbocycles. The van der Waals surface area contributed by atoms with Crippen molar-refractivity contribution in [3.8, 4) is 0 Å². The summed E-state index contributed by atoms with van der Waals surface area (Å²) < 4.78 is 40.4. The Balaban J connectivity index is 2.50. The molecule has 2 rings (SSSR count). The van der Waals surface area contributed by atoms with Crippen molar-refractivity contribution in [3.63, 3.8) is 0 Å². The van der Waals surface area contributed by atoms with Gasteiger partial charge in [-0.3, -0.25) is 19.0 Å². The quantitative estimate of drug-likeness (QED) is 0.849. The van der Waals surface area contributed by atoms with Crippen LogP contribution in [0.1, 0.15) is 28.7 Å². The number of rotatable bonds is 5. The van der Waals surface area contributed by atoms with Gasteiger partial charge in [-0.15, -0.1) is 11.8 Å². The van der Waals surface area contributed by atoms with Crippen LogP contribution in [0.5, 0.6) is 0 Å². The Morgan fingerprint density at radius 2 is 2.14 bits per heavy atom. The molecule has 1 N–H and O–H groups in total. The van der Waals surface area contributed by atoms with Crippen LogP contribution in [-0.4, -0.2) is 31.6 Å². The number of nitrogens with one attached hydrogen (secondary N) is 1. The maximum Gasteiger partial charge on any atom is 0.435 e. The normalized spacial score (nSPS) is 11.9. The highest BCUT2D eigenvalue weighted by molar-refractivity contribution is 7.97. The van der Waals surface area contributed by atoms with E-state index in [1.807, 2.05) is 0 Å². The van der Waals surface area contributed by atoms with Crippen LogP contribution in [0.3, 0.4) is 0 Å². The third-order valence-corrected chi connectivity index (χ3v) is 3.46. The minimum Gasteiger partial charge on any atom is -0.302 e. The molecule has 6 nitrogen and oxygen atoms in total. The van der Waals surface area contributed by atoms with E-state index in [2.05, 4.69) is 10.2 Å². The van der Waals surface area contributed by atoms with Crippen LogP contribution in [0.2, 0.25) is 0 Å². The Hall–Kier alpha value is -1.97. The number of nitrogens with zero attached hydrogens (tertiary/aromatic N) is 3. The fourth-order valence-corrected chi connectivity index (χ4v) is 2.34. The van der Waals surface area contributed by atoms with E-state index in [4.69, 9.17) is 0 Å². The van der Waals surface area contributed by atoms with Crippen LogP contribution in [0, 0.1) is 0 Å². The minimum atomic E-state index is -4.65. The van der Waals surface area contributed by atoms with Gasteiger partial charge in [0.05, 0.1) is 5.88 Å². The number of thioether (sulfide) groups is 1. The average Bonchev–Trinajstić information content (AvgIpc) is 3.02. The Kier molecular flexibility index (Phi) is 4.50. The monoisotopic (exact) mass is 334 g/mol. The van der Waals surface area contributed by atoms with E-state index >= 15 is 0 Å². The van der Waals surface area contributed by atoms with Gasteiger partial charge >= 0.3 is 6.18 Å². The van der Waals surface area contributed by atoms with Crippen LogP contribution < -0.4 is 5.56 Å². The summed E-state index contributed by atoms with van der Waals surface area (Å²) in [6.45, 7) is 2.02. The number of H-pyrrole nitrogens is 1. The predicted molar refractivity (Wildman–Crippen MR) is 74.9 cm³/mol. The standard InChI is InChI=1S/C12H13F3N4O2S/c1-3-18-11(21)7(5-16-18)10(20)8-4-9(12(13,14)15)17-19(8)6-22-2/h4-5,16H,3,6H2,1-2H3. The second-order valence-corrected chi connectivity index (χ2v) is 5.23. The lowest BCUT2D eigenvalue weighted by molar-refractivity contribution is -0.141. The summed E-state index contributed by atoms with van der Waals surface area (Å²) >= 11 is 1.21. The summed E-state index contributed by atoms with van der Waals surface area (Å²) in [5.74, 6) is -0.714. The molecule has 2 heterocycles. The lowest BCUT2D eigenvalue weighted by Gasteiger charge is -2.03. The fraction of sp³-hybridized carbons (Fsp3) is 0.417. The molecule has 2 aromatic rings. The van der Waals surface area contributed by atoms with Crippen molar-refractivity contribution in [3.05, 3.63) is 39.6 Å². The molecule has 120 valence electrons. The minimum absolute atomic E-state index is 0.0730. The van der Waals surface area contributed by atoms with Gasteiger partial charge in [0.1, 0.15) is 11.3 Å². The largest absolute Gasteiger partial charge is 0.435 e. The Morgan fingerprint density at radius 3 is 2.64 bits per heavy atom. The summed E-state index contributed by atoms with van der Waals surface area (Å²) in [6.07, 6.45) is -1.79. The van der Waals surface area contributed by atoms with E-state index in [0.717, 1.165) is 4.68 Å². The number of halogens is 3. The number of aromatic nitrogens is 4. The lowest BCUT2D eigenvalue weighted by atomic mass is 10.1. The van der Waals surface area contributed by atoms with Crippen LogP contribution >= 0.6 is 11.8 Å². The van der Waals surface area contributed by atoms with Gasteiger partial charge in [-0.1, -0.05) is 0 Å². The number of hydrogen-bond donors (Lipinski definition) is 1. The fourth-order valence-electron chi connectivity index (χ4n) is 1.90. The number of carbonyl (C=O) groups excluding carboxylic acids is 1. The highest BCUT2D eigenvalue weighted by atomic mass is 32.2. The number of hydrogen-bond acceptors (Lipinski definition) is 4. The molecule has 0 aliphatic rings. The number of alkyl halides is 3. The molecular formula is C12H13F3N4O2S. The molecule has 0 unspecified atom stereocenters. The van der Waals surface area contributed by atoms with Crippen LogP contribution in [0.15, 0.2) is 17.1 Å². The van der Waals surface area contributed by atoms with Crippen molar-refractivity contribution in [1.82, 2.24) is 19.6 Å². The molecule has 0 atom stereocenters. The Labute approximate surface area is 127 Å². The summed E-state index contributed by atoms with van der Waals surface area (Å²) in [4.78, 5) is 24.3. The maximum absolute atomic E-state index is 12.8. The SMILES string of the molecule is CCn1[nH]cc(C(=O)c2cc(C(F)(F)F)nn2CSC)c1=O. The third kappa shape index (κ3) is 2.96. The van der Waals surface area contributed by atoms with E-state index in [-0.39, 0.29) is 17.1 Å². The summed E-state index contributed by atoms with van der Waals surface area (Å²) in [5.41, 5.74) is -2.20. The van der Waals surface area contributed by atoms with Gasteiger partial charge in [0.15, 0.2) is 5.69 Å². The zero-order chi connectivity index (χ0) is 16.5. The molecule has 0 amide bonds. The van der Waals surface area contributed by atoms with Crippen molar-refractivity contribution < 1.29 is 18.0 Å². The number of aromatic amines is 1. The van der Waals surface area contributed by atoms with Gasteiger partial charge in [-0.2, -0.15) is 18.3 Å². The molecule has 0 aliphatic carbocycles. The zero-order valence-corrected chi connectivity index (χ0v) is 12.6. The van der Waals surface area contributed by atoms with Gasteiger partial charge < -0.3 is 5.10 Å². The summed E-state index contributed by atoms with van der Waals surface area (Å²) in [7, 11) is 0. The van der Waals surface area contributed by atoms with Crippen molar-refractivity contribution in [2.45, 2.75) is 25.5 Å². The first-order valence-electron chi connectivity index (χ1n) is 6.26. The predicted octanol–water partition coefficient (Wildman–Crippen LogP) is 1.96. The highest BCUT2D eigenvalue weighted by Gasteiger charge is 2.36. The topological polar surface area (TPSA) is 72.7 Å². The molecule has 0 bridgehead atoms. The second kappa shape index (κ2) is 6.03.